The van der Waals surface area contributed by atoms with Gasteiger partial charge in [0, 0.05) is 46.6 Å². The standard InChI is InChI=1S/C30H30Cl2FN3O5/c1-15-19(7-4-8-24(15)37)28(39)35-26(25-20-5-2-3-6-21(20)25)27(38)30(41)36-14-18(33)12-23(36)29(40)34-13-16-9-10-17(31)11-22(16)32/h2-11,18,23,25-27,30,37-38,41H,12-14H2,1H3,(H,34,40)(H,35,39)/t18-,23-,26-,27-,30?/m0/s1. The van der Waals surface area contributed by atoms with Crippen LogP contribution in [0, 0.1) is 6.92 Å². The van der Waals surface area contributed by atoms with E-state index in [2.05, 4.69) is 10.6 Å². The van der Waals surface area contributed by atoms with Gasteiger partial charge < -0.3 is 26.0 Å². The van der Waals surface area contributed by atoms with Crippen molar-refractivity contribution in [2.45, 2.75) is 56.4 Å². The van der Waals surface area contributed by atoms with Crippen molar-refractivity contribution in [1.29, 1.82) is 0 Å². The van der Waals surface area contributed by atoms with Gasteiger partial charge in [-0.25, -0.2) is 4.39 Å². The number of likely N-dealkylation sites (tertiary alicyclic amines) is 1. The minimum Gasteiger partial charge on any atom is -0.508 e. The van der Waals surface area contributed by atoms with Crippen LogP contribution < -0.4 is 10.6 Å². The van der Waals surface area contributed by atoms with Gasteiger partial charge in [0.05, 0.1) is 12.1 Å². The van der Waals surface area contributed by atoms with E-state index in [4.69, 9.17) is 23.2 Å². The minimum absolute atomic E-state index is 0.0516. The van der Waals surface area contributed by atoms with Gasteiger partial charge in [0.25, 0.3) is 5.91 Å². The number of aliphatic hydroxyl groups excluding tert-OH is 2. The maximum atomic E-state index is 14.6. The van der Waals surface area contributed by atoms with Crippen molar-refractivity contribution in [2.75, 3.05) is 6.54 Å². The summed E-state index contributed by atoms with van der Waals surface area (Å²) in [7, 11) is 0. The molecule has 41 heavy (non-hydrogen) atoms. The molecule has 5 rings (SSSR count). The van der Waals surface area contributed by atoms with Crippen LogP contribution in [-0.4, -0.2) is 69.2 Å². The van der Waals surface area contributed by atoms with Crippen molar-refractivity contribution in [3.8, 4) is 5.75 Å². The molecule has 1 heterocycles. The Morgan fingerprint density at radius 3 is 2.46 bits per heavy atom. The molecule has 5 atom stereocenters. The molecular weight excluding hydrogens is 572 g/mol. The molecule has 216 valence electrons. The summed E-state index contributed by atoms with van der Waals surface area (Å²) in [6.07, 6.45) is -4.83. The Morgan fingerprint density at radius 2 is 1.78 bits per heavy atom. The maximum Gasteiger partial charge on any atom is 0.252 e. The van der Waals surface area contributed by atoms with Crippen molar-refractivity contribution < 1.29 is 29.3 Å². The molecule has 3 aromatic rings. The summed E-state index contributed by atoms with van der Waals surface area (Å²) in [5, 5.41) is 39.2. The third kappa shape index (κ3) is 6.05. The number of carbonyl (C=O) groups excluding carboxylic acids is 2. The molecule has 0 saturated carbocycles. The summed E-state index contributed by atoms with van der Waals surface area (Å²) in [6, 6.07) is 14.7. The number of fused-ring (bicyclic) bond motifs is 1. The van der Waals surface area contributed by atoms with Gasteiger partial charge in [-0.2, -0.15) is 0 Å². The molecule has 5 N–H and O–H groups in total. The molecule has 0 radical (unpaired) electrons. The maximum absolute atomic E-state index is 14.6. The Hall–Kier alpha value is -3.21. The lowest BCUT2D eigenvalue weighted by Gasteiger charge is -2.35. The zero-order chi connectivity index (χ0) is 29.4. The van der Waals surface area contributed by atoms with Gasteiger partial charge in [-0.1, -0.05) is 59.6 Å². The van der Waals surface area contributed by atoms with E-state index in [-0.39, 0.29) is 36.7 Å². The van der Waals surface area contributed by atoms with Gasteiger partial charge in [0.1, 0.15) is 24.3 Å². The first-order valence-electron chi connectivity index (χ1n) is 13.2. The average Bonchev–Trinajstić information content (AvgIpc) is 3.54. The van der Waals surface area contributed by atoms with Crippen molar-refractivity contribution in [2.24, 2.45) is 0 Å². The normalized spacial score (nSPS) is 20.6. The van der Waals surface area contributed by atoms with Crippen LogP contribution in [0.25, 0.3) is 0 Å². The third-order valence-electron chi connectivity index (χ3n) is 7.86. The number of nitrogens with zero attached hydrogens (tertiary/aromatic N) is 1. The Labute approximate surface area is 246 Å². The number of hydrogen-bond donors (Lipinski definition) is 5. The van der Waals surface area contributed by atoms with Crippen LogP contribution in [0.2, 0.25) is 10.0 Å². The number of amides is 2. The fourth-order valence-corrected chi connectivity index (χ4v) is 6.03. The number of hydrogen-bond acceptors (Lipinski definition) is 6. The summed E-state index contributed by atoms with van der Waals surface area (Å²) < 4.78 is 14.6. The highest BCUT2D eigenvalue weighted by atomic mass is 35.5. The molecule has 0 bridgehead atoms. The van der Waals surface area contributed by atoms with Gasteiger partial charge in [0.2, 0.25) is 5.91 Å². The second-order valence-electron chi connectivity index (χ2n) is 10.5. The molecule has 1 aliphatic heterocycles. The second-order valence-corrected chi connectivity index (χ2v) is 11.3. The lowest BCUT2D eigenvalue weighted by atomic mass is 9.99. The number of aromatic hydroxyl groups is 1. The van der Waals surface area contributed by atoms with Gasteiger partial charge in [-0.05, 0) is 47.9 Å². The van der Waals surface area contributed by atoms with E-state index in [1.54, 1.807) is 31.2 Å². The number of alkyl halides is 1. The molecule has 1 unspecified atom stereocenters. The van der Waals surface area contributed by atoms with Crippen molar-refractivity contribution >= 4 is 35.0 Å². The molecule has 0 spiro atoms. The number of nitrogens with one attached hydrogen (secondary N) is 2. The number of halogens is 3. The molecule has 11 heteroatoms. The zero-order valence-electron chi connectivity index (χ0n) is 22.1. The lowest BCUT2D eigenvalue weighted by molar-refractivity contribution is -0.137. The van der Waals surface area contributed by atoms with Gasteiger partial charge in [-0.15, -0.1) is 0 Å². The molecule has 8 nitrogen and oxygen atoms in total. The number of benzene rings is 3. The molecule has 0 aromatic heterocycles. The highest BCUT2D eigenvalue weighted by molar-refractivity contribution is 6.35. The summed E-state index contributed by atoms with van der Waals surface area (Å²) in [5.41, 5.74) is 2.99. The predicted octanol–water partition coefficient (Wildman–Crippen LogP) is 3.66. The fraction of sp³-hybridized carbons (Fsp3) is 0.333. The van der Waals surface area contributed by atoms with Gasteiger partial charge in [0.15, 0.2) is 0 Å². The second kappa shape index (κ2) is 12.0. The lowest BCUT2D eigenvalue weighted by Crippen LogP contribution is -2.58. The van der Waals surface area contributed by atoms with Crippen LogP contribution in [0.1, 0.15) is 45.0 Å². The van der Waals surface area contributed by atoms with Crippen LogP contribution >= 0.6 is 23.2 Å². The van der Waals surface area contributed by atoms with Crippen molar-refractivity contribution in [3.05, 3.63) is 98.5 Å². The summed E-state index contributed by atoms with van der Waals surface area (Å²) in [4.78, 5) is 27.6. The summed E-state index contributed by atoms with van der Waals surface area (Å²) in [6.45, 7) is 1.39. The molecule has 1 aliphatic carbocycles. The van der Waals surface area contributed by atoms with Gasteiger partial charge in [-0.3, -0.25) is 14.5 Å². The first-order chi connectivity index (χ1) is 19.6. The third-order valence-corrected chi connectivity index (χ3v) is 8.45. The van der Waals surface area contributed by atoms with E-state index in [1.807, 2.05) is 24.3 Å². The highest BCUT2D eigenvalue weighted by Crippen LogP contribution is 2.47. The summed E-state index contributed by atoms with van der Waals surface area (Å²) >= 11 is 12.1. The summed E-state index contributed by atoms with van der Waals surface area (Å²) in [5.74, 6) is -1.52. The molecule has 3 aromatic carbocycles. The number of rotatable bonds is 9. The Morgan fingerprint density at radius 1 is 1.07 bits per heavy atom. The first-order valence-corrected chi connectivity index (χ1v) is 14.0. The number of phenols is 1. The van der Waals surface area contributed by atoms with E-state index in [1.165, 1.54) is 17.0 Å². The molecule has 1 saturated heterocycles. The van der Waals surface area contributed by atoms with Crippen LogP contribution in [0.4, 0.5) is 4.39 Å². The Kier molecular flexibility index (Phi) is 8.54. The van der Waals surface area contributed by atoms with Crippen molar-refractivity contribution in [1.82, 2.24) is 15.5 Å². The molecule has 1 fully saturated rings. The van der Waals surface area contributed by atoms with E-state index in [0.717, 1.165) is 11.1 Å². The van der Waals surface area contributed by atoms with Crippen LogP contribution in [0.15, 0.2) is 60.7 Å². The minimum atomic E-state index is -1.67. The topological polar surface area (TPSA) is 122 Å². The smallest absolute Gasteiger partial charge is 0.252 e. The van der Waals surface area contributed by atoms with Crippen LogP contribution in [-0.2, 0) is 11.3 Å². The van der Waals surface area contributed by atoms with Gasteiger partial charge >= 0.3 is 0 Å². The van der Waals surface area contributed by atoms with E-state index >= 15 is 0 Å². The number of carbonyl (C=O) groups is 2. The average molecular weight is 602 g/mol. The SMILES string of the molecule is Cc1c(O)cccc1C(=O)N[C@@H](C1c2ccccc21)[C@H](O)C(O)N1C[C@@H](F)C[C@H]1C(=O)NCc1ccc(Cl)cc1Cl. The highest BCUT2D eigenvalue weighted by Gasteiger charge is 2.49. The van der Waals surface area contributed by atoms with E-state index < -0.39 is 42.4 Å². The monoisotopic (exact) mass is 601 g/mol. The van der Waals surface area contributed by atoms with E-state index in [0.29, 0.717) is 21.2 Å². The zero-order valence-corrected chi connectivity index (χ0v) is 23.6. The quantitative estimate of drug-likeness (QED) is 0.255. The van der Waals surface area contributed by atoms with E-state index in [9.17, 15) is 29.3 Å². The Balaban J connectivity index is 1.34. The fourth-order valence-electron chi connectivity index (χ4n) is 5.55. The largest absolute Gasteiger partial charge is 0.508 e. The van der Waals surface area contributed by atoms with Crippen LogP contribution in [0.5, 0.6) is 5.75 Å². The molecule has 2 aliphatic rings. The van der Waals surface area contributed by atoms with Crippen LogP contribution in [0.3, 0.4) is 0 Å². The van der Waals surface area contributed by atoms with Crippen molar-refractivity contribution in [3.63, 3.8) is 0 Å². The Bertz CT molecular complexity index is 1450. The predicted molar refractivity (Wildman–Crippen MR) is 153 cm³/mol. The number of aliphatic hydroxyl groups is 2. The first kappa shape index (κ1) is 29.3. The number of phenolic OH excluding ortho intramolecular Hbond substituents is 1. The molecule has 2 amide bonds. The molecular formula is C30H30Cl2FN3O5.